The van der Waals surface area contributed by atoms with Crippen LogP contribution in [-0.4, -0.2) is 12.0 Å². The minimum atomic E-state index is -0.806. The number of benzene rings is 2. The van der Waals surface area contributed by atoms with Crippen molar-refractivity contribution in [3.63, 3.8) is 0 Å². The minimum Gasteiger partial charge on any atom is -0.447 e. The van der Waals surface area contributed by atoms with Crippen molar-refractivity contribution >= 4 is 17.3 Å². The quantitative estimate of drug-likeness (QED) is 0.672. The highest BCUT2D eigenvalue weighted by Crippen LogP contribution is 2.36. The van der Waals surface area contributed by atoms with Gasteiger partial charge >= 0.3 is 5.69 Å². The normalized spacial score (nSPS) is 10.4. The van der Waals surface area contributed by atoms with Gasteiger partial charge in [-0.1, -0.05) is 23.7 Å². The van der Waals surface area contributed by atoms with E-state index in [2.05, 4.69) is 5.32 Å². The molecule has 0 aliphatic rings. The van der Waals surface area contributed by atoms with Crippen LogP contribution in [0.15, 0.2) is 36.4 Å². The van der Waals surface area contributed by atoms with E-state index in [9.17, 15) is 14.5 Å². The highest BCUT2D eigenvalue weighted by atomic mass is 35.5. The van der Waals surface area contributed by atoms with Gasteiger partial charge in [-0.05, 0) is 25.2 Å². The number of nitrogens with one attached hydrogen (secondary N) is 1. The van der Waals surface area contributed by atoms with Gasteiger partial charge in [-0.2, -0.15) is 0 Å². The molecule has 0 bridgehead atoms. The molecule has 0 aliphatic heterocycles. The molecule has 0 radical (unpaired) electrons. The van der Waals surface area contributed by atoms with Crippen LogP contribution in [0.5, 0.6) is 11.5 Å². The van der Waals surface area contributed by atoms with E-state index in [4.69, 9.17) is 16.3 Å². The Bertz CT molecular complexity index is 679. The highest BCUT2D eigenvalue weighted by Gasteiger charge is 2.21. The molecule has 0 spiro atoms. The predicted molar refractivity (Wildman–Crippen MR) is 77.3 cm³/mol. The molecule has 1 N–H and O–H groups in total. The van der Waals surface area contributed by atoms with Gasteiger partial charge in [0.05, 0.1) is 4.92 Å². The van der Waals surface area contributed by atoms with E-state index in [1.165, 1.54) is 18.2 Å². The van der Waals surface area contributed by atoms with Crippen molar-refractivity contribution in [2.45, 2.75) is 6.54 Å². The van der Waals surface area contributed by atoms with E-state index >= 15 is 0 Å². The number of nitrogens with zero attached hydrogens (tertiary/aromatic N) is 1. The Balaban J connectivity index is 2.47. The van der Waals surface area contributed by atoms with Crippen LogP contribution in [0, 0.1) is 15.9 Å². The third-order valence-electron chi connectivity index (χ3n) is 2.75. The number of nitro benzene ring substituents is 1. The smallest absolute Gasteiger partial charge is 0.314 e. The second-order valence-corrected chi connectivity index (χ2v) is 4.67. The molecule has 0 aromatic heterocycles. The fourth-order valence-electron chi connectivity index (χ4n) is 1.81. The number of ether oxygens (including phenoxy) is 1. The molecule has 21 heavy (non-hydrogen) atoms. The highest BCUT2D eigenvalue weighted by molar-refractivity contribution is 6.30. The molecule has 0 heterocycles. The summed E-state index contributed by atoms with van der Waals surface area (Å²) in [6, 6.07) is 8.40. The second kappa shape index (κ2) is 6.51. The molecule has 0 unspecified atom stereocenters. The van der Waals surface area contributed by atoms with Crippen molar-refractivity contribution in [2.24, 2.45) is 0 Å². The number of halogens is 2. The number of nitro groups is 1. The van der Waals surface area contributed by atoms with Gasteiger partial charge in [0, 0.05) is 23.2 Å². The average Bonchev–Trinajstić information content (AvgIpc) is 2.44. The first-order chi connectivity index (χ1) is 10.0. The summed E-state index contributed by atoms with van der Waals surface area (Å²) < 4.78 is 19.3. The van der Waals surface area contributed by atoms with Crippen molar-refractivity contribution in [1.29, 1.82) is 0 Å². The standard InChI is InChI=1S/C14H12ClFN2O3/c1-17-8-9-5-6-10(15)7-13(9)21-14-11(16)3-2-4-12(14)18(19)20/h2-7,17H,8H2,1H3. The van der Waals surface area contributed by atoms with E-state index in [1.54, 1.807) is 19.2 Å². The van der Waals surface area contributed by atoms with Gasteiger partial charge in [0.25, 0.3) is 0 Å². The molecule has 0 aliphatic carbocycles. The van der Waals surface area contributed by atoms with E-state index in [-0.39, 0.29) is 5.75 Å². The lowest BCUT2D eigenvalue weighted by Crippen LogP contribution is -2.07. The van der Waals surface area contributed by atoms with Crippen molar-refractivity contribution in [2.75, 3.05) is 7.05 Å². The lowest BCUT2D eigenvalue weighted by Gasteiger charge is -2.12. The van der Waals surface area contributed by atoms with E-state index in [1.807, 2.05) is 0 Å². The molecule has 110 valence electrons. The summed E-state index contributed by atoms with van der Waals surface area (Å²) >= 11 is 5.90. The zero-order valence-electron chi connectivity index (χ0n) is 11.1. The van der Waals surface area contributed by atoms with Gasteiger partial charge in [-0.15, -0.1) is 0 Å². The van der Waals surface area contributed by atoms with Crippen molar-refractivity contribution in [3.8, 4) is 11.5 Å². The van der Waals surface area contributed by atoms with Crippen LogP contribution < -0.4 is 10.1 Å². The van der Waals surface area contributed by atoms with Crippen LogP contribution in [0.1, 0.15) is 5.56 Å². The van der Waals surface area contributed by atoms with Gasteiger partial charge in [0.1, 0.15) is 5.75 Å². The summed E-state index contributed by atoms with van der Waals surface area (Å²) in [4.78, 5) is 10.3. The van der Waals surface area contributed by atoms with E-state index < -0.39 is 22.2 Å². The molecule has 2 aromatic carbocycles. The molecule has 5 nitrogen and oxygen atoms in total. The van der Waals surface area contributed by atoms with Crippen LogP contribution in [0.2, 0.25) is 5.02 Å². The SMILES string of the molecule is CNCc1ccc(Cl)cc1Oc1c(F)cccc1[N+](=O)[O-]. The zero-order chi connectivity index (χ0) is 15.4. The van der Waals surface area contributed by atoms with Crippen molar-refractivity contribution in [1.82, 2.24) is 5.32 Å². The zero-order valence-corrected chi connectivity index (χ0v) is 11.9. The summed E-state index contributed by atoms with van der Waals surface area (Å²) in [5.74, 6) is -0.966. The van der Waals surface area contributed by atoms with Crippen molar-refractivity contribution < 1.29 is 14.1 Å². The maximum Gasteiger partial charge on any atom is 0.314 e. The minimum absolute atomic E-state index is 0.269. The fourth-order valence-corrected chi connectivity index (χ4v) is 1.97. The Kier molecular flexibility index (Phi) is 4.72. The molecule has 0 amide bonds. The molecule has 0 saturated carbocycles. The first kappa shape index (κ1) is 15.2. The topological polar surface area (TPSA) is 64.4 Å². The first-order valence-corrected chi connectivity index (χ1v) is 6.44. The maximum atomic E-state index is 13.8. The summed E-state index contributed by atoms with van der Waals surface area (Å²) in [6.45, 7) is 0.453. The van der Waals surface area contributed by atoms with Crippen LogP contribution in [0.3, 0.4) is 0 Å². The average molecular weight is 311 g/mol. The molecular formula is C14H12ClFN2O3. The van der Waals surface area contributed by atoms with Gasteiger partial charge < -0.3 is 10.1 Å². The number of para-hydroxylation sites is 1. The predicted octanol–water partition coefficient (Wildman–Crippen LogP) is 3.90. The maximum absolute atomic E-state index is 13.8. The molecule has 2 aromatic rings. The summed E-state index contributed by atoms with van der Waals surface area (Å²) in [5.41, 5.74) is 0.268. The van der Waals surface area contributed by atoms with Gasteiger partial charge in [-0.25, -0.2) is 4.39 Å². The van der Waals surface area contributed by atoms with E-state index in [0.29, 0.717) is 17.1 Å². The molecule has 0 fully saturated rings. The Morgan fingerprint density at radius 3 is 2.81 bits per heavy atom. The van der Waals surface area contributed by atoms with Crippen LogP contribution >= 0.6 is 11.6 Å². The number of rotatable bonds is 5. The molecule has 0 saturated heterocycles. The Morgan fingerprint density at radius 2 is 2.14 bits per heavy atom. The lowest BCUT2D eigenvalue weighted by atomic mass is 10.2. The fraction of sp³-hybridized carbons (Fsp3) is 0.143. The Hall–Kier alpha value is -2.18. The number of hydrogen-bond donors (Lipinski definition) is 1. The van der Waals surface area contributed by atoms with Gasteiger partial charge in [0.15, 0.2) is 5.82 Å². The molecule has 0 atom stereocenters. The van der Waals surface area contributed by atoms with Crippen LogP contribution in [0.4, 0.5) is 10.1 Å². The Morgan fingerprint density at radius 1 is 1.38 bits per heavy atom. The van der Waals surface area contributed by atoms with Gasteiger partial charge in [0.2, 0.25) is 5.75 Å². The lowest BCUT2D eigenvalue weighted by molar-refractivity contribution is -0.385. The van der Waals surface area contributed by atoms with Crippen LogP contribution in [0.25, 0.3) is 0 Å². The first-order valence-electron chi connectivity index (χ1n) is 6.06. The largest absolute Gasteiger partial charge is 0.447 e. The number of hydrogen-bond acceptors (Lipinski definition) is 4. The molecule has 7 heteroatoms. The summed E-state index contributed by atoms with van der Waals surface area (Å²) in [5, 5.41) is 14.3. The van der Waals surface area contributed by atoms with Gasteiger partial charge in [-0.3, -0.25) is 10.1 Å². The third-order valence-corrected chi connectivity index (χ3v) is 2.99. The van der Waals surface area contributed by atoms with E-state index in [0.717, 1.165) is 6.07 Å². The summed E-state index contributed by atoms with van der Waals surface area (Å²) in [7, 11) is 1.74. The molecule has 2 rings (SSSR count). The molecular weight excluding hydrogens is 299 g/mol. The summed E-state index contributed by atoms with van der Waals surface area (Å²) in [6.07, 6.45) is 0. The van der Waals surface area contributed by atoms with Crippen LogP contribution in [-0.2, 0) is 6.54 Å². The monoisotopic (exact) mass is 310 g/mol. The Labute approximate surface area is 125 Å². The van der Waals surface area contributed by atoms with Crippen molar-refractivity contribution in [3.05, 3.63) is 62.9 Å². The third kappa shape index (κ3) is 3.48. The second-order valence-electron chi connectivity index (χ2n) is 4.23.